The highest BCUT2D eigenvalue weighted by atomic mass is 19.1. The molecule has 0 saturated carbocycles. The maximum Gasteiger partial charge on any atom is 0.337 e. The van der Waals surface area contributed by atoms with E-state index in [9.17, 15) is 9.18 Å². The third-order valence-electron chi connectivity index (χ3n) is 3.48. The van der Waals surface area contributed by atoms with Crippen LogP contribution in [0.1, 0.15) is 10.4 Å². The average Bonchev–Trinajstić information content (AvgIpc) is 2.62. The van der Waals surface area contributed by atoms with E-state index >= 15 is 0 Å². The van der Waals surface area contributed by atoms with Crippen molar-refractivity contribution in [2.24, 2.45) is 0 Å². The molecule has 3 aromatic rings. The van der Waals surface area contributed by atoms with Gasteiger partial charge in [-0.25, -0.2) is 14.2 Å². The molecule has 1 heterocycles. The lowest BCUT2D eigenvalue weighted by atomic mass is 10.1. The number of carbonyl (C=O) groups is 1. The molecule has 4 nitrogen and oxygen atoms in total. The predicted octanol–water partition coefficient (Wildman–Crippen LogP) is 4.42. The summed E-state index contributed by atoms with van der Waals surface area (Å²) in [6.45, 7) is 0. The van der Waals surface area contributed by atoms with E-state index in [1.807, 2.05) is 18.2 Å². The number of methoxy groups -OCH3 is 1. The van der Waals surface area contributed by atoms with Crippen LogP contribution in [0, 0.1) is 5.82 Å². The lowest BCUT2D eigenvalue weighted by molar-refractivity contribution is 0.0601. The van der Waals surface area contributed by atoms with Crippen molar-refractivity contribution in [1.29, 1.82) is 0 Å². The molecule has 5 heteroatoms. The molecule has 0 spiro atoms. The average molecular weight is 322 g/mol. The molecule has 2 aromatic carbocycles. The summed E-state index contributed by atoms with van der Waals surface area (Å²) in [6, 6.07) is 17.0. The molecule has 0 aliphatic carbocycles. The number of nitrogens with zero attached hydrogens (tertiary/aromatic N) is 1. The van der Waals surface area contributed by atoms with E-state index in [2.05, 4.69) is 10.3 Å². The molecule has 0 radical (unpaired) electrons. The van der Waals surface area contributed by atoms with Crippen molar-refractivity contribution in [3.63, 3.8) is 0 Å². The summed E-state index contributed by atoms with van der Waals surface area (Å²) in [5.41, 5.74) is 2.77. The number of pyridine rings is 1. The minimum atomic E-state index is -0.395. The van der Waals surface area contributed by atoms with Crippen LogP contribution in [-0.4, -0.2) is 18.1 Å². The van der Waals surface area contributed by atoms with Crippen LogP contribution in [0.4, 0.5) is 15.9 Å². The Bertz CT molecular complexity index is 863. The van der Waals surface area contributed by atoms with Crippen molar-refractivity contribution < 1.29 is 13.9 Å². The van der Waals surface area contributed by atoms with E-state index in [4.69, 9.17) is 4.74 Å². The highest BCUT2D eigenvalue weighted by molar-refractivity contribution is 5.90. The zero-order chi connectivity index (χ0) is 16.9. The Morgan fingerprint density at radius 3 is 2.58 bits per heavy atom. The standard InChI is InChI=1S/C19H15FN2O2/c1-24-19(23)14-5-3-7-17(11-14)22-18-9-8-15(12-21-18)13-4-2-6-16(20)10-13/h2-12H,1H3,(H,21,22). The fourth-order valence-electron chi connectivity index (χ4n) is 2.30. The molecule has 0 aliphatic rings. The van der Waals surface area contributed by atoms with Crippen LogP contribution in [0.25, 0.3) is 11.1 Å². The number of benzene rings is 2. The zero-order valence-corrected chi connectivity index (χ0v) is 13.0. The zero-order valence-electron chi connectivity index (χ0n) is 13.0. The van der Waals surface area contributed by atoms with E-state index < -0.39 is 5.97 Å². The van der Waals surface area contributed by atoms with Gasteiger partial charge in [0.1, 0.15) is 11.6 Å². The van der Waals surface area contributed by atoms with Crippen LogP contribution in [0.5, 0.6) is 0 Å². The number of anilines is 2. The van der Waals surface area contributed by atoms with Crippen LogP contribution in [0.3, 0.4) is 0 Å². The lowest BCUT2D eigenvalue weighted by Gasteiger charge is -2.08. The van der Waals surface area contributed by atoms with E-state index in [-0.39, 0.29) is 5.82 Å². The first-order valence-corrected chi connectivity index (χ1v) is 7.33. The van der Waals surface area contributed by atoms with E-state index in [0.29, 0.717) is 11.4 Å². The number of esters is 1. The number of ether oxygens (including phenoxy) is 1. The van der Waals surface area contributed by atoms with Crippen LogP contribution >= 0.6 is 0 Å². The van der Waals surface area contributed by atoms with Crippen molar-refractivity contribution in [3.8, 4) is 11.1 Å². The Kier molecular flexibility index (Phi) is 4.52. The predicted molar refractivity (Wildman–Crippen MR) is 90.7 cm³/mol. The first-order valence-electron chi connectivity index (χ1n) is 7.33. The smallest absolute Gasteiger partial charge is 0.337 e. The molecule has 0 aliphatic heterocycles. The number of halogens is 1. The van der Waals surface area contributed by atoms with Crippen LogP contribution in [0.2, 0.25) is 0 Å². The minimum Gasteiger partial charge on any atom is -0.465 e. The van der Waals surface area contributed by atoms with Gasteiger partial charge in [0, 0.05) is 17.4 Å². The van der Waals surface area contributed by atoms with Gasteiger partial charge < -0.3 is 10.1 Å². The van der Waals surface area contributed by atoms with Gasteiger partial charge in [0.25, 0.3) is 0 Å². The van der Waals surface area contributed by atoms with Gasteiger partial charge in [0.05, 0.1) is 12.7 Å². The number of rotatable bonds is 4. The van der Waals surface area contributed by atoms with Gasteiger partial charge in [-0.15, -0.1) is 0 Å². The Hall–Kier alpha value is -3.21. The molecule has 1 N–H and O–H groups in total. The second-order valence-electron chi connectivity index (χ2n) is 5.14. The van der Waals surface area contributed by atoms with Gasteiger partial charge in [0.15, 0.2) is 0 Å². The largest absolute Gasteiger partial charge is 0.465 e. The normalized spacial score (nSPS) is 10.2. The van der Waals surface area contributed by atoms with Crippen molar-refractivity contribution in [2.75, 3.05) is 12.4 Å². The molecule has 3 rings (SSSR count). The van der Waals surface area contributed by atoms with Gasteiger partial charge in [-0.05, 0) is 48.0 Å². The monoisotopic (exact) mass is 322 g/mol. The van der Waals surface area contributed by atoms with E-state index in [1.165, 1.54) is 19.2 Å². The second-order valence-corrected chi connectivity index (χ2v) is 5.14. The van der Waals surface area contributed by atoms with Crippen molar-refractivity contribution in [2.45, 2.75) is 0 Å². The summed E-state index contributed by atoms with van der Waals surface area (Å²) in [5.74, 6) is -0.0560. The van der Waals surface area contributed by atoms with E-state index in [0.717, 1.165) is 16.8 Å². The molecule has 0 saturated heterocycles. The Balaban J connectivity index is 1.78. The van der Waals surface area contributed by atoms with Gasteiger partial charge in [-0.3, -0.25) is 0 Å². The first-order chi connectivity index (χ1) is 11.7. The van der Waals surface area contributed by atoms with Crippen LogP contribution < -0.4 is 5.32 Å². The van der Waals surface area contributed by atoms with Gasteiger partial charge in [-0.2, -0.15) is 0 Å². The summed E-state index contributed by atoms with van der Waals surface area (Å²) < 4.78 is 18.0. The first kappa shape index (κ1) is 15.7. The van der Waals surface area contributed by atoms with Crippen LogP contribution in [0.15, 0.2) is 66.9 Å². The maximum atomic E-state index is 13.3. The fourth-order valence-corrected chi connectivity index (χ4v) is 2.30. The Labute approximate surface area is 138 Å². The molecule has 0 bridgehead atoms. The summed E-state index contributed by atoms with van der Waals surface area (Å²) in [6.07, 6.45) is 1.67. The Morgan fingerprint density at radius 1 is 1.04 bits per heavy atom. The quantitative estimate of drug-likeness (QED) is 0.723. The molecular formula is C19H15FN2O2. The molecule has 0 amide bonds. The minimum absolute atomic E-state index is 0.283. The third kappa shape index (κ3) is 3.57. The molecule has 0 fully saturated rings. The summed E-state index contributed by atoms with van der Waals surface area (Å²) >= 11 is 0. The lowest BCUT2D eigenvalue weighted by Crippen LogP contribution is -2.02. The number of nitrogens with one attached hydrogen (secondary N) is 1. The summed E-state index contributed by atoms with van der Waals surface area (Å²) in [5, 5.41) is 3.12. The Morgan fingerprint density at radius 2 is 1.88 bits per heavy atom. The van der Waals surface area contributed by atoms with Gasteiger partial charge >= 0.3 is 5.97 Å². The van der Waals surface area contributed by atoms with Crippen molar-refractivity contribution in [3.05, 3.63) is 78.2 Å². The molecule has 120 valence electrons. The third-order valence-corrected chi connectivity index (χ3v) is 3.48. The molecule has 0 atom stereocenters. The molecule has 24 heavy (non-hydrogen) atoms. The highest BCUT2D eigenvalue weighted by Gasteiger charge is 2.06. The number of carbonyl (C=O) groups excluding carboxylic acids is 1. The van der Waals surface area contributed by atoms with Crippen molar-refractivity contribution >= 4 is 17.5 Å². The second kappa shape index (κ2) is 6.91. The number of hydrogen-bond donors (Lipinski definition) is 1. The highest BCUT2D eigenvalue weighted by Crippen LogP contribution is 2.22. The maximum absolute atomic E-state index is 13.3. The van der Waals surface area contributed by atoms with E-state index in [1.54, 1.807) is 36.5 Å². The number of hydrogen-bond acceptors (Lipinski definition) is 4. The fraction of sp³-hybridized carbons (Fsp3) is 0.0526. The summed E-state index contributed by atoms with van der Waals surface area (Å²) in [4.78, 5) is 15.9. The number of aromatic nitrogens is 1. The molecule has 0 unspecified atom stereocenters. The van der Waals surface area contributed by atoms with Gasteiger partial charge in [0.2, 0.25) is 0 Å². The van der Waals surface area contributed by atoms with Gasteiger partial charge in [-0.1, -0.05) is 18.2 Å². The van der Waals surface area contributed by atoms with Crippen LogP contribution in [-0.2, 0) is 4.74 Å². The summed E-state index contributed by atoms with van der Waals surface area (Å²) in [7, 11) is 1.34. The topological polar surface area (TPSA) is 51.2 Å². The molecular weight excluding hydrogens is 307 g/mol. The SMILES string of the molecule is COC(=O)c1cccc(Nc2ccc(-c3cccc(F)c3)cn2)c1. The van der Waals surface area contributed by atoms with Crippen molar-refractivity contribution in [1.82, 2.24) is 4.98 Å². The molecule has 1 aromatic heterocycles.